The molecular formula is C29H40N8O3. The van der Waals surface area contributed by atoms with Crippen LogP contribution in [0.25, 0.3) is 5.78 Å². The van der Waals surface area contributed by atoms with Gasteiger partial charge in [-0.1, -0.05) is 26.2 Å². The maximum atomic E-state index is 13.3. The van der Waals surface area contributed by atoms with Crippen LogP contribution in [-0.2, 0) is 23.0 Å². The summed E-state index contributed by atoms with van der Waals surface area (Å²) in [6, 6.07) is 1.49. The van der Waals surface area contributed by atoms with Crippen LogP contribution in [0.2, 0.25) is 0 Å². The van der Waals surface area contributed by atoms with Gasteiger partial charge in [0.2, 0.25) is 5.91 Å². The van der Waals surface area contributed by atoms with Crippen molar-refractivity contribution in [2.45, 2.75) is 76.7 Å². The van der Waals surface area contributed by atoms with Crippen LogP contribution in [-0.4, -0.2) is 60.9 Å². The van der Waals surface area contributed by atoms with Gasteiger partial charge in [-0.05, 0) is 50.0 Å². The highest BCUT2D eigenvalue weighted by Crippen LogP contribution is 2.35. The van der Waals surface area contributed by atoms with E-state index in [1.54, 1.807) is 28.5 Å². The summed E-state index contributed by atoms with van der Waals surface area (Å²) in [5.41, 5.74) is 3.10. The van der Waals surface area contributed by atoms with Crippen LogP contribution in [0.3, 0.4) is 0 Å². The van der Waals surface area contributed by atoms with Crippen molar-refractivity contribution in [3.05, 3.63) is 41.2 Å². The van der Waals surface area contributed by atoms with Crippen LogP contribution in [0, 0.1) is 17.8 Å². The second kappa shape index (κ2) is 11.6. The molecule has 2 aliphatic heterocycles. The number of amides is 2. The minimum absolute atomic E-state index is 0.0967. The van der Waals surface area contributed by atoms with Gasteiger partial charge in [0.05, 0.1) is 29.3 Å². The normalized spacial score (nSPS) is 23.7. The number of aromatic nitrogens is 6. The Hall–Kier alpha value is -3.34. The fourth-order valence-electron chi connectivity index (χ4n) is 6.69. The Morgan fingerprint density at radius 2 is 1.98 bits per heavy atom. The van der Waals surface area contributed by atoms with Gasteiger partial charge in [0.15, 0.2) is 0 Å². The molecule has 3 aromatic heterocycles. The van der Waals surface area contributed by atoms with E-state index in [2.05, 4.69) is 22.7 Å². The first-order valence-electron chi connectivity index (χ1n) is 14.9. The third-order valence-electron chi connectivity index (χ3n) is 8.94. The summed E-state index contributed by atoms with van der Waals surface area (Å²) in [5.74, 6) is 1.31. The van der Waals surface area contributed by atoms with E-state index in [4.69, 9.17) is 19.8 Å². The second-order valence-corrected chi connectivity index (χ2v) is 11.9. The molecule has 2 amide bonds. The number of rotatable bonds is 7. The van der Waals surface area contributed by atoms with Crippen LogP contribution in [0.5, 0.6) is 0 Å². The van der Waals surface area contributed by atoms with Crippen LogP contribution in [0.1, 0.15) is 97.8 Å². The molecule has 6 rings (SSSR count). The molecule has 11 nitrogen and oxygen atoms in total. The lowest BCUT2D eigenvalue weighted by atomic mass is 9.82. The zero-order chi connectivity index (χ0) is 27.6. The van der Waals surface area contributed by atoms with E-state index in [-0.39, 0.29) is 35.6 Å². The van der Waals surface area contributed by atoms with Crippen LogP contribution in [0.15, 0.2) is 18.5 Å². The van der Waals surface area contributed by atoms with Crippen LogP contribution in [0.4, 0.5) is 0 Å². The van der Waals surface area contributed by atoms with Gasteiger partial charge in [-0.25, -0.2) is 14.5 Å². The molecule has 1 saturated carbocycles. The average molecular weight is 549 g/mol. The highest BCUT2D eigenvalue weighted by Gasteiger charge is 2.33. The second-order valence-electron chi connectivity index (χ2n) is 11.9. The fraction of sp³-hybridized carbons (Fsp3) is 0.655. The number of imidazole rings is 1. The molecule has 2 saturated heterocycles. The van der Waals surface area contributed by atoms with Gasteiger partial charge in [0.1, 0.15) is 5.69 Å². The van der Waals surface area contributed by atoms with E-state index in [9.17, 15) is 9.59 Å². The molecular weight excluding hydrogens is 508 g/mol. The van der Waals surface area contributed by atoms with Gasteiger partial charge in [-0.3, -0.25) is 14.3 Å². The monoisotopic (exact) mass is 548 g/mol. The molecule has 3 aromatic rings. The minimum atomic E-state index is -0.244. The van der Waals surface area contributed by atoms with Crippen molar-refractivity contribution in [2.75, 3.05) is 19.8 Å². The summed E-state index contributed by atoms with van der Waals surface area (Å²) in [6.07, 6.45) is 12.3. The largest absolute Gasteiger partial charge is 0.381 e. The standard InChI is InChI=1S/C29H40N8O3/c1-18-14-21(27(38)30-16-18)15-22-25(20-9-12-40-13-10-20)34-29-32-23(17-37(29)35-22)26(19-6-4-3-5-7-19)33-28(39)24-8-11-31-36(24)2/h8,11,17-21,26H,3-7,9-10,12-16H2,1-2H3,(H,30,38)(H,33,39)/t18-,21+,26-/m0/s1. The van der Waals surface area contributed by atoms with E-state index in [1.165, 1.54) is 6.42 Å². The summed E-state index contributed by atoms with van der Waals surface area (Å²) in [7, 11) is 1.77. The summed E-state index contributed by atoms with van der Waals surface area (Å²) in [5, 5.41) is 15.5. The van der Waals surface area contributed by atoms with E-state index >= 15 is 0 Å². The zero-order valence-corrected chi connectivity index (χ0v) is 23.5. The maximum absolute atomic E-state index is 13.3. The molecule has 0 aromatic carbocycles. The van der Waals surface area contributed by atoms with Crippen molar-refractivity contribution in [3.63, 3.8) is 0 Å². The number of aryl methyl sites for hydroxylation is 1. The Bertz CT molecular complexity index is 1350. The molecule has 0 bridgehead atoms. The molecule has 0 spiro atoms. The molecule has 40 heavy (non-hydrogen) atoms. The van der Waals surface area contributed by atoms with E-state index in [1.807, 2.05) is 6.20 Å². The van der Waals surface area contributed by atoms with Crippen LogP contribution >= 0.6 is 0 Å². The van der Waals surface area contributed by atoms with E-state index in [0.717, 1.165) is 68.6 Å². The number of carbonyl (C=O) groups is 2. The van der Waals surface area contributed by atoms with Crippen molar-refractivity contribution in [2.24, 2.45) is 24.8 Å². The number of ether oxygens (including phenoxy) is 1. The number of fused-ring (bicyclic) bond motifs is 1. The lowest BCUT2D eigenvalue weighted by Crippen LogP contribution is -2.41. The summed E-state index contributed by atoms with van der Waals surface area (Å²) in [4.78, 5) is 36.0. The lowest BCUT2D eigenvalue weighted by Gasteiger charge is -2.29. The molecule has 0 radical (unpaired) electrons. The Morgan fingerprint density at radius 1 is 1.18 bits per heavy atom. The molecule has 2 N–H and O–H groups in total. The maximum Gasteiger partial charge on any atom is 0.270 e. The van der Waals surface area contributed by atoms with Gasteiger partial charge in [0.25, 0.3) is 11.7 Å². The molecule has 11 heteroatoms. The molecule has 1 aliphatic carbocycles. The number of hydrogen-bond donors (Lipinski definition) is 2. The highest BCUT2D eigenvalue weighted by molar-refractivity contribution is 5.92. The van der Waals surface area contributed by atoms with E-state index < -0.39 is 0 Å². The number of carbonyl (C=O) groups excluding carboxylic acids is 2. The first kappa shape index (κ1) is 26.9. The lowest BCUT2D eigenvalue weighted by molar-refractivity contribution is -0.127. The Labute approximate surface area is 234 Å². The third kappa shape index (κ3) is 5.61. The van der Waals surface area contributed by atoms with Gasteiger partial charge in [-0.15, -0.1) is 0 Å². The predicted molar refractivity (Wildman–Crippen MR) is 148 cm³/mol. The number of nitrogens with zero attached hydrogens (tertiary/aromatic N) is 6. The molecule has 3 fully saturated rings. The van der Waals surface area contributed by atoms with Gasteiger partial charge in [-0.2, -0.15) is 10.2 Å². The van der Waals surface area contributed by atoms with Crippen molar-refractivity contribution in [1.29, 1.82) is 0 Å². The molecule has 5 heterocycles. The SMILES string of the molecule is C[C@@H]1CNC(=O)[C@@H](Cc2nn3cc([C@@H](NC(=O)c4ccnn4C)C4CCCCC4)nc3nc2C2CCOCC2)C1. The van der Waals surface area contributed by atoms with Crippen molar-refractivity contribution < 1.29 is 14.3 Å². The molecule has 3 aliphatic rings. The summed E-state index contributed by atoms with van der Waals surface area (Å²) in [6.45, 7) is 4.29. The average Bonchev–Trinajstić information content (AvgIpc) is 3.59. The Kier molecular flexibility index (Phi) is 7.82. The first-order chi connectivity index (χ1) is 19.5. The summed E-state index contributed by atoms with van der Waals surface area (Å²) < 4.78 is 8.97. The van der Waals surface area contributed by atoms with Gasteiger partial charge in [0, 0.05) is 51.3 Å². The summed E-state index contributed by atoms with van der Waals surface area (Å²) >= 11 is 0. The first-order valence-corrected chi connectivity index (χ1v) is 14.9. The van der Waals surface area contributed by atoms with E-state index in [0.29, 0.717) is 37.0 Å². The fourth-order valence-corrected chi connectivity index (χ4v) is 6.69. The molecule has 214 valence electrons. The Morgan fingerprint density at radius 3 is 2.73 bits per heavy atom. The van der Waals surface area contributed by atoms with Crippen LogP contribution < -0.4 is 10.6 Å². The molecule has 0 unspecified atom stereocenters. The topological polar surface area (TPSA) is 128 Å². The quantitative estimate of drug-likeness (QED) is 0.464. The third-order valence-corrected chi connectivity index (χ3v) is 8.94. The number of nitrogens with one attached hydrogen (secondary N) is 2. The van der Waals surface area contributed by atoms with Gasteiger partial charge < -0.3 is 15.4 Å². The Balaban J connectivity index is 1.36. The van der Waals surface area contributed by atoms with Crippen molar-refractivity contribution in [3.8, 4) is 0 Å². The number of hydrogen-bond acceptors (Lipinski definition) is 7. The zero-order valence-electron chi connectivity index (χ0n) is 23.5. The number of piperidine rings is 1. The van der Waals surface area contributed by atoms with Gasteiger partial charge >= 0.3 is 0 Å². The van der Waals surface area contributed by atoms with Crippen molar-refractivity contribution in [1.82, 2.24) is 40.0 Å². The minimum Gasteiger partial charge on any atom is -0.381 e. The predicted octanol–water partition coefficient (Wildman–Crippen LogP) is 3.12. The smallest absolute Gasteiger partial charge is 0.270 e. The highest BCUT2D eigenvalue weighted by atomic mass is 16.5. The van der Waals surface area contributed by atoms with Crippen molar-refractivity contribution >= 4 is 17.6 Å². The molecule has 3 atom stereocenters.